The van der Waals surface area contributed by atoms with Crippen LogP contribution in [0.5, 0.6) is 0 Å². The fourth-order valence-corrected chi connectivity index (χ4v) is 2.50. The lowest BCUT2D eigenvalue weighted by Crippen LogP contribution is -2.36. The third-order valence-electron chi connectivity index (χ3n) is 3.53. The largest absolute Gasteiger partial charge is 0.380 e. The quantitative estimate of drug-likeness (QED) is 0.658. The number of nitrogens with one attached hydrogen (secondary N) is 1. The van der Waals surface area contributed by atoms with Crippen LogP contribution in [0.25, 0.3) is 0 Å². The molecule has 0 aromatic heterocycles. The molecule has 0 saturated heterocycles. The maximum atomic E-state index is 13.5. The van der Waals surface area contributed by atoms with Crippen molar-refractivity contribution in [3.63, 3.8) is 0 Å². The Morgan fingerprint density at radius 1 is 1.53 bits per heavy atom. The van der Waals surface area contributed by atoms with E-state index in [1.54, 1.807) is 13.2 Å². The van der Waals surface area contributed by atoms with Crippen LogP contribution in [0.2, 0.25) is 0 Å². The smallest absolute Gasteiger partial charge is 0.304 e. The van der Waals surface area contributed by atoms with Gasteiger partial charge in [0.05, 0.1) is 11.0 Å². The summed E-state index contributed by atoms with van der Waals surface area (Å²) < 4.78 is 18.8. The summed E-state index contributed by atoms with van der Waals surface area (Å²) >= 11 is 0. The molecule has 104 valence electrons. The molecule has 0 radical (unpaired) electrons. The topological polar surface area (TPSA) is 64.4 Å². The molecule has 0 bridgehead atoms. The molecule has 1 aliphatic carbocycles. The minimum absolute atomic E-state index is 0.197. The number of hydrogen-bond acceptors (Lipinski definition) is 4. The van der Waals surface area contributed by atoms with E-state index >= 15 is 0 Å². The predicted octanol–water partition coefficient (Wildman–Crippen LogP) is 2.39. The highest BCUT2D eigenvalue weighted by Gasteiger charge is 2.26. The van der Waals surface area contributed by atoms with Crippen LogP contribution in [0.4, 0.5) is 10.1 Å². The van der Waals surface area contributed by atoms with Crippen LogP contribution >= 0.6 is 0 Å². The number of ether oxygens (including phenoxy) is 1. The molecule has 0 amide bonds. The Bertz CT molecular complexity index is 467. The van der Waals surface area contributed by atoms with Gasteiger partial charge in [0, 0.05) is 25.8 Å². The van der Waals surface area contributed by atoms with Gasteiger partial charge in [-0.15, -0.1) is 0 Å². The van der Waals surface area contributed by atoms with Crippen molar-refractivity contribution in [1.29, 1.82) is 0 Å². The lowest BCUT2D eigenvalue weighted by atomic mass is 10.1. The van der Waals surface area contributed by atoms with Gasteiger partial charge in [-0.05, 0) is 30.9 Å². The third kappa shape index (κ3) is 3.27. The van der Waals surface area contributed by atoms with Gasteiger partial charge in [0.15, 0.2) is 0 Å². The summed E-state index contributed by atoms with van der Waals surface area (Å²) in [6.45, 7) is 0.486. The summed E-state index contributed by atoms with van der Waals surface area (Å²) in [7, 11) is 1.69. The second kappa shape index (κ2) is 6.08. The molecule has 6 heteroatoms. The molecule has 1 fully saturated rings. The minimum Gasteiger partial charge on any atom is -0.380 e. The van der Waals surface area contributed by atoms with Crippen LogP contribution in [0.3, 0.4) is 0 Å². The molecule has 2 atom stereocenters. The summed E-state index contributed by atoms with van der Waals surface area (Å²) in [5.41, 5.74) is 0.212. The molecule has 2 rings (SSSR count). The predicted molar refractivity (Wildman–Crippen MR) is 68.3 cm³/mol. The van der Waals surface area contributed by atoms with Gasteiger partial charge in [0.2, 0.25) is 5.82 Å². The monoisotopic (exact) mass is 268 g/mol. The minimum atomic E-state index is -0.793. The van der Waals surface area contributed by atoms with E-state index in [9.17, 15) is 14.5 Å². The molecule has 1 aromatic rings. The molecular weight excluding hydrogens is 251 g/mol. The molecule has 0 spiro atoms. The lowest BCUT2D eigenvalue weighted by Gasteiger charge is -2.19. The van der Waals surface area contributed by atoms with E-state index in [-0.39, 0.29) is 12.1 Å². The Labute approximate surface area is 110 Å². The molecule has 0 heterocycles. The van der Waals surface area contributed by atoms with Crippen molar-refractivity contribution in [1.82, 2.24) is 5.32 Å². The van der Waals surface area contributed by atoms with Gasteiger partial charge in [-0.25, -0.2) is 0 Å². The Balaban J connectivity index is 1.96. The van der Waals surface area contributed by atoms with Gasteiger partial charge in [-0.3, -0.25) is 10.1 Å². The fraction of sp³-hybridized carbons (Fsp3) is 0.538. The summed E-state index contributed by atoms with van der Waals surface area (Å²) in [6, 6.07) is 4.25. The first kappa shape index (κ1) is 13.9. The van der Waals surface area contributed by atoms with Gasteiger partial charge in [0.1, 0.15) is 0 Å². The number of halogens is 1. The van der Waals surface area contributed by atoms with Crippen molar-refractivity contribution in [3.05, 3.63) is 39.7 Å². The van der Waals surface area contributed by atoms with Crippen LogP contribution in [0, 0.1) is 15.9 Å². The van der Waals surface area contributed by atoms with E-state index in [0.717, 1.165) is 19.3 Å². The molecule has 2 unspecified atom stereocenters. The highest BCUT2D eigenvalue weighted by molar-refractivity contribution is 5.34. The van der Waals surface area contributed by atoms with Gasteiger partial charge in [-0.1, -0.05) is 6.07 Å². The summed E-state index contributed by atoms with van der Waals surface area (Å²) in [5.74, 6) is -0.793. The number of nitrogens with zero attached hydrogens (tertiary/aromatic N) is 1. The van der Waals surface area contributed by atoms with Crippen LogP contribution in [-0.2, 0) is 11.3 Å². The summed E-state index contributed by atoms with van der Waals surface area (Å²) in [6.07, 6.45) is 3.38. The average Bonchev–Trinajstić information content (AvgIpc) is 2.83. The number of methoxy groups -OCH3 is 1. The molecule has 0 aliphatic heterocycles. The van der Waals surface area contributed by atoms with Crippen LogP contribution < -0.4 is 5.32 Å². The van der Waals surface area contributed by atoms with Crippen molar-refractivity contribution < 1.29 is 14.1 Å². The second-order valence-corrected chi connectivity index (χ2v) is 4.74. The molecule has 1 aliphatic rings. The van der Waals surface area contributed by atoms with Crippen LogP contribution in [0.1, 0.15) is 24.8 Å². The first-order valence-electron chi connectivity index (χ1n) is 6.31. The number of benzene rings is 1. The van der Waals surface area contributed by atoms with E-state index in [0.29, 0.717) is 12.1 Å². The molecule has 19 heavy (non-hydrogen) atoms. The van der Waals surface area contributed by atoms with Crippen molar-refractivity contribution in [2.45, 2.75) is 38.0 Å². The molecule has 1 N–H and O–H groups in total. The number of nitro groups is 1. The average molecular weight is 268 g/mol. The molecule has 1 aromatic carbocycles. The van der Waals surface area contributed by atoms with Crippen molar-refractivity contribution in [2.75, 3.05) is 7.11 Å². The highest BCUT2D eigenvalue weighted by atomic mass is 19.1. The van der Waals surface area contributed by atoms with E-state index < -0.39 is 16.4 Å². The molecule has 5 nitrogen and oxygen atoms in total. The van der Waals surface area contributed by atoms with E-state index in [2.05, 4.69) is 5.32 Å². The van der Waals surface area contributed by atoms with Gasteiger partial charge < -0.3 is 10.1 Å². The zero-order valence-corrected chi connectivity index (χ0v) is 10.8. The standard InChI is InChI=1S/C13H17FN2O3/c1-19-13-4-2-3-11(13)15-8-9-5-6-12(16(17)18)10(14)7-9/h5-7,11,13,15H,2-4,8H2,1H3. The van der Waals surface area contributed by atoms with Gasteiger partial charge >= 0.3 is 5.69 Å². The molecular formula is C13H17FN2O3. The van der Waals surface area contributed by atoms with Gasteiger partial charge in [0.25, 0.3) is 0 Å². The van der Waals surface area contributed by atoms with Crippen molar-refractivity contribution in [3.8, 4) is 0 Å². The SMILES string of the molecule is COC1CCCC1NCc1ccc([N+](=O)[O-])c(F)c1. The summed E-state index contributed by atoms with van der Waals surface area (Å²) in [4.78, 5) is 9.80. The highest BCUT2D eigenvalue weighted by Crippen LogP contribution is 2.22. The number of nitro benzene ring substituents is 1. The molecule has 1 saturated carbocycles. The van der Waals surface area contributed by atoms with E-state index in [1.807, 2.05) is 0 Å². The Morgan fingerprint density at radius 2 is 2.32 bits per heavy atom. The second-order valence-electron chi connectivity index (χ2n) is 4.74. The maximum Gasteiger partial charge on any atom is 0.304 e. The van der Waals surface area contributed by atoms with Gasteiger partial charge in [-0.2, -0.15) is 4.39 Å². The lowest BCUT2D eigenvalue weighted by molar-refractivity contribution is -0.387. The van der Waals surface area contributed by atoms with Crippen molar-refractivity contribution in [2.24, 2.45) is 0 Å². The Kier molecular flexibility index (Phi) is 4.44. The van der Waals surface area contributed by atoms with Crippen LogP contribution in [0.15, 0.2) is 18.2 Å². The first-order chi connectivity index (χ1) is 9.11. The number of rotatable bonds is 5. The number of hydrogen-bond donors (Lipinski definition) is 1. The zero-order valence-electron chi connectivity index (χ0n) is 10.8. The first-order valence-corrected chi connectivity index (χ1v) is 6.31. The van der Waals surface area contributed by atoms with E-state index in [4.69, 9.17) is 4.74 Å². The summed E-state index contributed by atoms with van der Waals surface area (Å²) in [5, 5.41) is 13.8. The third-order valence-corrected chi connectivity index (χ3v) is 3.53. The zero-order chi connectivity index (χ0) is 13.8. The van der Waals surface area contributed by atoms with Crippen LogP contribution in [-0.4, -0.2) is 24.2 Å². The van der Waals surface area contributed by atoms with E-state index in [1.165, 1.54) is 12.1 Å². The Morgan fingerprint density at radius 3 is 2.95 bits per heavy atom. The normalized spacial score (nSPS) is 22.6. The van der Waals surface area contributed by atoms with Crippen molar-refractivity contribution >= 4 is 5.69 Å². The Hall–Kier alpha value is -1.53. The maximum absolute atomic E-state index is 13.5. The fourth-order valence-electron chi connectivity index (χ4n) is 2.50.